The van der Waals surface area contributed by atoms with E-state index >= 15 is 0 Å². The molecule has 2 aromatic heterocycles. The Hall–Kier alpha value is -2.44. The molecule has 0 saturated carbocycles. The molecule has 0 bridgehead atoms. The second-order valence-corrected chi connectivity index (χ2v) is 8.21. The van der Waals surface area contributed by atoms with Crippen molar-refractivity contribution in [2.75, 3.05) is 25.0 Å². The smallest absolute Gasteiger partial charge is 0.133 e. The fraction of sp³-hybridized carbons (Fsp3) is 0.478. The molecule has 1 N–H and O–H groups in total. The van der Waals surface area contributed by atoms with Gasteiger partial charge in [0.05, 0.1) is 18.2 Å². The summed E-state index contributed by atoms with van der Waals surface area (Å²) in [7, 11) is 2.13. The molecule has 1 saturated heterocycles. The number of aliphatic hydroxyl groups is 1. The SMILES string of the molecule is CCn1ccnc1CN(C)Cc1cc2cc(C)ccc2nc1N1CCCC(O)C1. The van der Waals surface area contributed by atoms with Crippen LogP contribution < -0.4 is 4.90 Å². The summed E-state index contributed by atoms with van der Waals surface area (Å²) in [4.78, 5) is 14.1. The van der Waals surface area contributed by atoms with Gasteiger partial charge in [0.25, 0.3) is 0 Å². The zero-order valence-corrected chi connectivity index (χ0v) is 17.7. The topological polar surface area (TPSA) is 57.4 Å². The number of hydrogen-bond acceptors (Lipinski definition) is 5. The van der Waals surface area contributed by atoms with Gasteiger partial charge in [0.2, 0.25) is 0 Å². The first-order valence-corrected chi connectivity index (χ1v) is 10.6. The zero-order chi connectivity index (χ0) is 20.4. The summed E-state index contributed by atoms with van der Waals surface area (Å²) in [6, 6.07) is 8.68. The van der Waals surface area contributed by atoms with E-state index in [9.17, 15) is 5.11 Å². The molecule has 1 aromatic carbocycles. The van der Waals surface area contributed by atoms with Gasteiger partial charge < -0.3 is 14.6 Å². The fourth-order valence-corrected chi connectivity index (χ4v) is 4.23. The molecular weight excluding hydrogens is 362 g/mol. The summed E-state index contributed by atoms with van der Waals surface area (Å²) in [6.07, 6.45) is 5.50. The zero-order valence-electron chi connectivity index (χ0n) is 17.7. The molecule has 3 aromatic rings. The number of β-amino-alcohol motifs (C(OH)–C–C–N with tert-alkyl or cyclic N) is 1. The van der Waals surface area contributed by atoms with Crippen molar-refractivity contribution in [3.8, 4) is 0 Å². The van der Waals surface area contributed by atoms with Gasteiger partial charge in [-0.05, 0) is 51.9 Å². The summed E-state index contributed by atoms with van der Waals surface area (Å²) in [5, 5.41) is 11.4. The van der Waals surface area contributed by atoms with Crippen LogP contribution in [0.1, 0.15) is 36.7 Å². The highest BCUT2D eigenvalue weighted by molar-refractivity contribution is 5.82. The molecule has 1 atom stereocenters. The van der Waals surface area contributed by atoms with Gasteiger partial charge in [0.15, 0.2) is 0 Å². The quantitative estimate of drug-likeness (QED) is 0.696. The van der Waals surface area contributed by atoms with Crippen LogP contribution in [0.5, 0.6) is 0 Å². The van der Waals surface area contributed by atoms with Crippen molar-refractivity contribution in [3.63, 3.8) is 0 Å². The lowest BCUT2D eigenvalue weighted by Gasteiger charge is -2.33. The largest absolute Gasteiger partial charge is 0.391 e. The molecule has 0 radical (unpaired) electrons. The molecule has 6 nitrogen and oxygen atoms in total. The maximum Gasteiger partial charge on any atom is 0.133 e. The maximum absolute atomic E-state index is 10.2. The molecule has 6 heteroatoms. The van der Waals surface area contributed by atoms with Crippen molar-refractivity contribution < 1.29 is 5.11 Å². The lowest BCUT2D eigenvalue weighted by Crippen LogP contribution is -2.39. The van der Waals surface area contributed by atoms with Gasteiger partial charge in [-0.25, -0.2) is 9.97 Å². The van der Waals surface area contributed by atoms with Gasteiger partial charge in [-0.2, -0.15) is 0 Å². The third kappa shape index (κ3) is 4.43. The van der Waals surface area contributed by atoms with Gasteiger partial charge in [-0.3, -0.25) is 4.90 Å². The van der Waals surface area contributed by atoms with E-state index in [4.69, 9.17) is 4.98 Å². The van der Waals surface area contributed by atoms with Crippen LogP contribution in [0, 0.1) is 6.92 Å². The number of imidazole rings is 1. The van der Waals surface area contributed by atoms with E-state index in [0.717, 1.165) is 56.2 Å². The van der Waals surface area contributed by atoms with Crippen molar-refractivity contribution in [3.05, 3.63) is 53.6 Å². The molecule has 1 unspecified atom stereocenters. The maximum atomic E-state index is 10.2. The first-order valence-electron chi connectivity index (χ1n) is 10.6. The van der Waals surface area contributed by atoms with Gasteiger partial charge in [0.1, 0.15) is 11.6 Å². The average molecular weight is 394 g/mol. The van der Waals surface area contributed by atoms with Crippen molar-refractivity contribution >= 4 is 16.7 Å². The van der Waals surface area contributed by atoms with Crippen LogP contribution in [-0.4, -0.2) is 50.8 Å². The summed E-state index contributed by atoms with van der Waals surface area (Å²) in [5.41, 5.74) is 3.46. The first kappa shape index (κ1) is 19.9. The minimum absolute atomic E-state index is 0.276. The Morgan fingerprint density at radius 1 is 1.24 bits per heavy atom. The van der Waals surface area contributed by atoms with E-state index in [1.54, 1.807) is 0 Å². The van der Waals surface area contributed by atoms with Crippen molar-refractivity contribution in [2.45, 2.75) is 52.4 Å². The number of benzene rings is 1. The molecule has 0 aliphatic carbocycles. The molecule has 29 heavy (non-hydrogen) atoms. The summed E-state index contributed by atoms with van der Waals surface area (Å²) >= 11 is 0. The number of hydrogen-bond donors (Lipinski definition) is 1. The second kappa shape index (κ2) is 8.51. The Kier molecular flexibility index (Phi) is 5.83. The van der Waals surface area contributed by atoms with Crippen LogP contribution in [0.15, 0.2) is 36.7 Å². The average Bonchev–Trinajstić information content (AvgIpc) is 3.14. The van der Waals surface area contributed by atoms with E-state index in [1.165, 1.54) is 16.5 Å². The summed E-state index contributed by atoms with van der Waals surface area (Å²) in [6.45, 7) is 8.35. The third-order valence-corrected chi connectivity index (χ3v) is 5.72. The number of aromatic nitrogens is 3. The monoisotopic (exact) mass is 393 g/mol. The lowest BCUT2D eigenvalue weighted by atomic mass is 10.1. The summed E-state index contributed by atoms with van der Waals surface area (Å²) < 4.78 is 2.18. The standard InChI is InChI=1S/C23H31N5O/c1-4-27-11-9-24-22(27)16-26(3)14-19-13-18-12-17(2)7-8-21(18)25-23(19)28-10-5-6-20(29)15-28/h7-9,11-13,20,29H,4-6,10,14-16H2,1-3H3. The second-order valence-electron chi connectivity index (χ2n) is 8.21. The number of fused-ring (bicyclic) bond motifs is 1. The molecule has 1 aliphatic heterocycles. The van der Waals surface area contributed by atoms with E-state index in [2.05, 4.69) is 64.5 Å². The number of aliphatic hydroxyl groups excluding tert-OH is 1. The Bertz CT molecular complexity index is 983. The van der Waals surface area contributed by atoms with Crippen LogP contribution in [0.4, 0.5) is 5.82 Å². The number of nitrogens with zero attached hydrogens (tertiary/aromatic N) is 5. The fourth-order valence-electron chi connectivity index (χ4n) is 4.23. The number of anilines is 1. The predicted molar refractivity (Wildman–Crippen MR) is 117 cm³/mol. The molecule has 154 valence electrons. The van der Waals surface area contributed by atoms with Crippen LogP contribution in [0.3, 0.4) is 0 Å². The van der Waals surface area contributed by atoms with Crippen molar-refractivity contribution in [1.82, 2.24) is 19.4 Å². The molecule has 3 heterocycles. The molecule has 4 rings (SSSR count). The first-order chi connectivity index (χ1) is 14.0. The van der Waals surface area contributed by atoms with Crippen LogP contribution >= 0.6 is 0 Å². The Labute approximate surface area is 172 Å². The number of piperidine rings is 1. The van der Waals surface area contributed by atoms with Gasteiger partial charge in [-0.15, -0.1) is 0 Å². The molecule has 1 aliphatic rings. The van der Waals surface area contributed by atoms with Crippen LogP contribution in [-0.2, 0) is 19.6 Å². The van der Waals surface area contributed by atoms with E-state index in [1.807, 2.05) is 12.4 Å². The lowest BCUT2D eigenvalue weighted by molar-refractivity contribution is 0.153. The molecular formula is C23H31N5O. The van der Waals surface area contributed by atoms with E-state index in [0.29, 0.717) is 6.54 Å². The highest BCUT2D eigenvalue weighted by Gasteiger charge is 2.22. The number of rotatable bonds is 6. The highest BCUT2D eigenvalue weighted by Crippen LogP contribution is 2.28. The Morgan fingerprint density at radius 2 is 2.10 bits per heavy atom. The highest BCUT2D eigenvalue weighted by atomic mass is 16.3. The minimum Gasteiger partial charge on any atom is -0.391 e. The van der Waals surface area contributed by atoms with Gasteiger partial charge in [0, 0.05) is 49.5 Å². The van der Waals surface area contributed by atoms with Crippen molar-refractivity contribution in [2.24, 2.45) is 0 Å². The summed E-state index contributed by atoms with van der Waals surface area (Å²) in [5.74, 6) is 2.08. The molecule has 1 fully saturated rings. The third-order valence-electron chi connectivity index (χ3n) is 5.72. The Balaban J connectivity index is 1.65. The van der Waals surface area contributed by atoms with E-state index < -0.39 is 0 Å². The molecule has 0 amide bonds. The van der Waals surface area contributed by atoms with Crippen molar-refractivity contribution in [1.29, 1.82) is 0 Å². The van der Waals surface area contributed by atoms with Gasteiger partial charge >= 0.3 is 0 Å². The van der Waals surface area contributed by atoms with Crippen LogP contribution in [0.25, 0.3) is 10.9 Å². The number of pyridine rings is 1. The van der Waals surface area contributed by atoms with Crippen LogP contribution in [0.2, 0.25) is 0 Å². The minimum atomic E-state index is -0.276. The predicted octanol–water partition coefficient (Wildman–Crippen LogP) is 3.35. The van der Waals surface area contributed by atoms with E-state index in [-0.39, 0.29) is 6.10 Å². The van der Waals surface area contributed by atoms with Gasteiger partial charge in [-0.1, -0.05) is 11.6 Å². The number of aryl methyl sites for hydroxylation is 2. The Morgan fingerprint density at radius 3 is 2.90 bits per heavy atom. The normalized spacial score (nSPS) is 17.4. The molecule has 0 spiro atoms.